The highest BCUT2D eigenvalue weighted by atomic mass is 19.1. The standard InChI is InChI=1S/C14H18FN3/c1-18(13-5-6-13)8-7-17-10-12-4-2-3-11(9-16)14(12)15/h2-4,13,17H,5-8,10H2,1H3. The lowest BCUT2D eigenvalue weighted by Gasteiger charge is -2.15. The Bertz CT molecular complexity index is 449. The zero-order chi connectivity index (χ0) is 13.0. The Kier molecular flexibility index (Phi) is 4.29. The van der Waals surface area contributed by atoms with Gasteiger partial charge < -0.3 is 10.2 Å². The van der Waals surface area contributed by atoms with E-state index in [1.807, 2.05) is 6.07 Å². The van der Waals surface area contributed by atoms with E-state index in [2.05, 4.69) is 17.3 Å². The van der Waals surface area contributed by atoms with Crippen LogP contribution in [0.1, 0.15) is 24.0 Å². The maximum absolute atomic E-state index is 13.7. The Morgan fingerprint density at radius 1 is 1.50 bits per heavy atom. The van der Waals surface area contributed by atoms with Crippen molar-refractivity contribution >= 4 is 0 Å². The van der Waals surface area contributed by atoms with E-state index in [-0.39, 0.29) is 5.56 Å². The first-order chi connectivity index (χ1) is 8.72. The number of halogens is 1. The molecule has 3 nitrogen and oxygen atoms in total. The summed E-state index contributed by atoms with van der Waals surface area (Å²) in [7, 11) is 2.12. The van der Waals surface area contributed by atoms with Crippen LogP contribution in [0.25, 0.3) is 0 Å². The number of nitrogens with one attached hydrogen (secondary N) is 1. The molecule has 0 bridgehead atoms. The molecule has 0 heterocycles. The lowest BCUT2D eigenvalue weighted by atomic mass is 10.1. The van der Waals surface area contributed by atoms with Gasteiger partial charge in [0.25, 0.3) is 0 Å². The Balaban J connectivity index is 1.77. The molecule has 1 aromatic carbocycles. The van der Waals surface area contributed by atoms with Crippen molar-refractivity contribution in [2.24, 2.45) is 0 Å². The van der Waals surface area contributed by atoms with Gasteiger partial charge in [-0.2, -0.15) is 5.26 Å². The molecule has 1 N–H and O–H groups in total. The van der Waals surface area contributed by atoms with Crippen molar-refractivity contribution in [3.63, 3.8) is 0 Å². The van der Waals surface area contributed by atoms with Gasteiger partial charge in [-0.05, 0) is 26.0 Å². The number of nitrogens with zero attached hydrogens (tertiary/aromatic N) is 2. The molecule has 0 radical (unpaired) electrons. The fourth-order valence-corrected chi connectivity index (χ4v) is 1.98. The molecule has 0 unspecified atom stereocenters. The zero-order valence-electron chi connectivity index (χ0n) is 10.6. The number of benzene rings is 1. The van der Waals surface area contributed by atoms with Crippen LogP contribution in [-0.4, -0.2) is 31.1 Å². The van der Waals surface area contributed by atoms with Crippen LogP contribution < -0.4 is 5.32 Å². The van der Waals surface area contributed by atoms with E-state index in [0.717, 1.165) is 19.1 Å². The van der Waals surface area contributed by atoms with Crippen LogP contribution in [0.3, 0.4) is 0 Å². The average molecular weight is 247 g/mol. The maximum atomic E-state index is 13.7. The summed E-state index contributed by atoms with van der Waals surface area (Å²) in [6, 6.07) is 7.54. The second kappa shape index (κ2) is 5.94. The van der Waals surface area contributed by atoms with Crippen LogP contribution in [0.4, 0.5) is 4.39 Å². The normalized spacial score (nSPS) is 14.8. The van der Waals surface area contributed by atoms with Crippen molar-refractivity contribution in [1.29, 1.82) is 5.26 Å². The van der Waals surface area contributed by atoms with Crippen LogP contribution in [0, 0.1) is 17.1 Å². The first-order valence-corrected chi connectivity index (χ1v) is 6.31. The first kappa shape index (κ1) is 13.0. The van der Waals surface area contributed by atoms with Crippen LogP contribution in [0.5, 0.6) is 0 Å². The minimum absolute atomic E-state index is 0.115. The minimum Gasteiger partial charge on any atom is -0.311 e. The van der Waals surface area contributed by atoms with Crippen LogP contribution in [-0.2, 0) is 6.54 Å². The molecule has 96 valence electrons. The third-order valence-electron chi connectivity index (χ3n) is 3.33. The van der Waals surface area contributed by atoms with E-state index in [4.69, 9.17) is 5.26 Å². The molecule has 18 heavy (non-hydrogen) atoms. The number of hydrogen-bond acceptors (Lipinski definition) is 3. The molecular weight excluding hydrogens is 229 g/mol. The SMILES string of the molecule is CN(CCNCc1cccc(C#N)c1F)C1CC1. The predicted octanol–water partition coefficient (Wildman–Crippen LogP) is 1.88. The smallest absolute Gasteiger partial charge is 0.145 e. The van der Waals surface area contributed by atoms with Gasteiger partial charge in [0.1, 0.15) is 11.9 Å². The quantitative estimate of drug-likeness (QED) is 0.780. The summed E-state index contributed by atoms with van der Waals surface area (Å²) >= 11 is 0. The van der Waals surface area contributed by atoms with Crippen LogP contribution >= 0.6 is 0 Å². The van der Waals surface area contributed by atoms with Gasteiger partial charge in [-0.25, -0.2) is 4.39 Å². The van der Waals surface area contributed by atoms with E-state index < -0.39 is 5.82 Å². The number of likely N-dealkylation sites (N-methyl/N-ethyl adjacent to an activating group) is 1. The molecule has 0 aliphatic heterocycles. The molecule has 0 atom stereocenters. The second-order valence-corrected chi connectivity index (χ2v) is 4.78. The monoisotopic (exact) mass is 247 g/mol. The maximum Gasteiger partial charge on any atom is 0.145 e. The summed E-state index contributed by atoms with van der Waals surface area (Å²) in [6.45, 7) is 2.29. The van der Waals surface area contributed by atoms with Crippen molar-refractivity contribution in [2.45, 2.75) is 25.4 Å². The zero-order valence-corrected chi connectivity index (χ0v) is 10.6. The van der Waals surface area contributed by atoms with Gasteiger partial charge in [-0.15, -0.1) is 0 Å². The fraction of sp³-hybridized carbons (Fsp3) is 0.500. The number of rotatable bonds is 6. The highest BCUT2D eigenvalue weighted by molar-refractivity contribution is 5.34. The van der Waals surface area contributed by atoms with Crippen LogP contribution in [0.2, 0.25) is 0 Å². The van der Waals surface area contributed by atoms with E-state index in [1.54, 1.807) is 12.1 Å². The third-order valence-corrected chi connectivity index (χ3v) is 3.33. The molecule has 1 aliphatic carbocycles. The summed E-state index contributed by atoms with van der Waals surface area (Å²) < 4.78 is 13.7. The second-order valence-electron chi connectivity index (χ2n) is 4.78. The van der Waals surface area contributed by atoms with Gasteiger partial charge in [-0.3, -0.25) is 0 Å². The highest BCUT2D eigenvalue weighted by Gasteiger charge is 2.25. The minimum atomic E-state index is -0.400. The summed E-state index contributed by atoms with van der Waals surface area (Å²) in [4.78, 5) is 2.33. The molecule has 0 saturated heterocycles. The Labute approximate surface area is 107 Å². The molecule has 0 aromatic heterocycles. The molecule has 2 rings (SSSR count). The summed E-state index contributed by atoms with van der Waals surface area (Å²) in [5.41, 5.74) is 0.674. The van der Waals surface area contributed by atoms with Gasteiger partial charge in [0.15, 0.2) is 0 Å². The summed E-state index contributed by atoms with van der Waals surface area (Å²) in [6.07, 6.45) is 2.60. The fourth-order valence-electron chi connectivity index (χ4n) is 1.98. The van der Waals surface area contributed by atoms with Crippen molar-refractivity contribution in [2.75, 3.05) is 20.1 Å². The Hall–Kier alpha value is -1.44. The molecule has 0 spiro atoms. The van der Waals surface area contributed by atoms with Crippen molar-refractivity contribution in [1.82, 2.24) is 10.2 Å². The van der Waals surface area contributed by atoms with Crippen molar-refractivity contribution < 1.29 is 4.39 Å². The van der Waals surface area contributed by atoms with E-state index in [9.17, 15) is 4.39 Å². The summed E-state index contributed by atoms with van der Waals surface area (Å²) in [5, 5.41) is 12.0. The first-order valence-electron chi connectivity index (χ1n) is 6.31. The van der Waals surface area contributed by atoms with Crippen molar-refractivity contribution in [3.05, 3.63) is 35.1 Å². The van der Waals surface area contributed by atoms with Crippen molar-refractivity contribution in [3.8, 4) is 6.07 Å². The van der Waals surface area contributed by atoms with Gasteiger partial charge in [-0.1, -0.05) is 12.1 Å². The number of nitriles is 1. The van der Waals surface area contributed by atoms with Gasteiger partial charge in [0.2, 0.25) is 0 Å². The van der Waals surface area contributed by atoms with Crippen LogP contribution in [0.15, 0.2) is 18.2 Å². The highest BCUT2D eigenvalue weighted by Crippen LogP contribution is 2.24. The van der Waals surface area contributed by atoms with Gasteiger partial charge in [0, 0.05) is 31.2 Å². The molecule has 0 amide bonds. The average Bonchev–Trinajstić information content (AvgIpc) is 3.20. The molecule has 1 aromatic rings. The summed E-state index contributed by atoms with van der Waals surface area (Å²) in [5.74, 6) is -0.400. The lowest BCUT2D eigenvalue weighted by Crippen LogP contribution is -2.30. The number of hydrogen-bond donors (Lipinski definition) is 1. The van der Waals surface area contributed by atoms with E-state index in [1.165, 1.54) is 18.9 Å². The molecule has 1 saturated carbocycles. The van der Waals surface area contributed by atoms with E-state index in [0.29, 0.717) is 12.1 Å². The topological polar surface area (TPSA) is 39.1 Å². The largest absolute Gasteiger partial charge is 0.311 e. The van der Waals surface area contributed by atoms with Gasteiger partial charge in [0.05, 0.1) is 5.56 Å². The predicted molar refractivity (Wildman–Crippen MR) is 68.5 cm³/mol. The van der Waals surface area contributed by atoms with Gasteiger partial charge >= 0.3 is 0 Å². The Morgan fingerprint density at radius 3 is 2.94 bits per heavy atom. The Morgan fingerprint density at radius 2 is 2.28 bits per heavy atom. The molecule has 1 fully saturated rings. The van der Waals surface area contributed by atoms with E-state index >= 15 is 0 Å². The molecular formula is C14H18FN3. The third kappa shape index (κ3) is 3.28. The molecule has 1 aliphatic rings. The molecule has 4 heteroatoms. The lowest BCUT2D eigenvalue weighted by molar-refractivity contribution is 0.321.